The maximum atomic E-state index is 6.16. The normalized spacial score (nSPS) is 12.6. The van der Waals surface area contributed by atoms with Crippen molar-refractivity contribution in [3.8, 4) is 6.01 Å². The second-order valence-electron chi connectivity index (χ2n) is 8.79. The lowest BCUT2D eigenvalue weighted by Crippen LogP contribution is -2.20. The third-order valence-corrected chi connectivity index (χ3v) is 6.43. The van der Waals surface area contributed by atoms with E-state index in [-0.39, 0.29) is 0 Å². The van der Waals surface area contributed by atoms with E-state index in [0.29, 0.717) is 17.8 Å². The van der Waals surface area contributed by atoms with Crippen LogP contribution in [0.15, 0.2) is 24.3 Å². The Balaban J connectivity index is 0.00000249. The van der Waals surface area contributed by atoms with Crippen molar-refractivity contribution in [2.24, 2.45) is 11.8 Å². The smallest absolute Gasteiger partial charge is 0.316 e. The second-order valence-corrected chi connectivity index (χ2v) is 8.79. The molecule has 180 valence electrons. The predicted octanol–water partition coefficient (Wildman–Crippen LogP) is 8.09. The number of aryl methyl sites for hydroxylation is 4. The maximum absolute atomic E-state index is 6.16. The number of aromatic nitrogens is 2. The molecule has 3 nitrogen and oxygen atoms in total. The summed E-state index contributed by atoms with van der Waals surface area (Å²) in [6, 6.07) is 9.26. The van der Waals surface area contributed by atoms with Crippen molar-refractivity contribution < 1.29 is 4.74 Å². The maximum Gasteiger partial charge on any atom is 0.316 e. The van der Waals surface area contributed by atoms with Crippen molar-refractivity contribution in [1.29, 1.82) is 0 Å². The summed E-state index contributed by atoms with van der Waals surface area (Å²) in [6.45, 7) is 18.1. The van der Waals surface area contributed by atoms with Gasteiger partial charge in [0.2, 0.25) is 0 Å². The highest BCUT2D eigenvalue weighted by Gasteiger charge is 2.18. The van der Waals surface area contributed by atoms with E-state index in [1.807, 2.05) is 13.8 Å². The molecule has 0 amide bonds. The van der Waals surface area contributed by atoms with Crippen molar-refractivity contribution in [2.45, 2.75) is 107 Å². The molecular formula is C29H48N2O. The number of nitrogens with zero attached hydrogens (tertiary/aromatic N) is 2. The lowest BCUT2D eigenvalue weighted by Gasteiger charge is -2.22. The zero-order valence-corrected chi connectivity index (χ0v) is 22.1. The van der Waals surface area contributed by atoms with Crippen LogP contribution in [0.25, 0.3) is 0 Å². The van der Waals surface area contributed by atoms with E-state index in [1.165, 1.54) is 41.6 Å². The zero-order chi connectivity index (χ0) is 23.9. The zero-order valence-electron chi connectivity index (χ0n) is 22.1. The summed E-state index contributed by atoms with van der Waals surface area (Å²) in [5.41, 5.74) is 6.41. The van der Waals surface area contributed by atoms with Gasteiger partial charge in [-0.2, -0.15) is 4.98 Å². The van der Waals surface area contributed by atoms with E-state index in [4.69, 9.17) is 14.7 Å². The van der Waals surface area contributed by atoms with Crippen LogP contribution in [0.2, 0.25) is 0 Å². The first-order valence-corrected chi connectivity index (χ1v) is 13.0. The van der Waals surface area contributed by atoms with Crippen molar-refractivity contribution in [3.05, 3.63) is 52.3 Å². The quantitative estimate of drug-likeness (QED) is 0.316. The summed E-state index contributed by atoms with van der Waals surface area (Å²) in [4.78, 5) is 9.61. The van der Waals surface area contributed by atoms with Gasteiger partial charge in [0, 0.05) is 5.69 Å². The lowest BCUT2D eigenvalue weighted by atomic mass is 9.89. The third kappa shape index (κ3) is 8.92. The summed E-state index contributed by atoms with van der Waals surface area (Å²) in [5.74, 6) is 1.24. The van der Waals surface area contributed by atoms with Gasteiger partial charge in [-0.25, -0.2) is 4.98 Å². The van der Waals surface area contributed by atoms with E-state index in [2.05, 4.69) is 65.8 Å². The Hall–Kier alpha value is -1.90. The van der Waals surface area contributed by atoms with Crippen LogP contribution in [-0.4, -0.2) is 16.6 Å². The van der Waals surface area contributed by atoms with E-state index in [1.54, 1.807) is 0 Å². The van der Waals surface area contributed by atoms with Gasteiger partial charge >= 0.3 is 6.01 Å². The Morgan fingerprint density at radius 1 is 0.906 bits per heavy atom. The minimum atomic E-state index is 0.572. The molecule has 0 spiro atoms. The largest absolute Gasteiger partial charge is 0.463 e. The highest BCUT2D eigenvalue weighted by Crippen LogP contribution is 2.23. The molecule has 2 atom stereocenters. The molecule has 0 saturated heterocycles. The van der Waals surface area contributed by atoms with Gasteiger partial charge in [0.15, 0.2) is 0 Å². The van der Waals surface area contributed by atoms with Gasteiger partial charge < -0.3 is 4.74 Å². The van der Waals surface area contributed by atoms with Crippen LogP contribution in [0.3, 0.4) is 0 Å². The van der Waals surface area contributed by atoms with Crippen LogP contribution in [0.5, 0.6) is 6.01 Å². The number of ether oxygens (including phenoxy) is 1. The highest BCUT2D eigenvalue weighted by atomic mass is 16.5. The van der Waals surface area contributed by atoms with Gasteiger partial charge in [-0.3, -0.25) is 0 Å². The minimum absolute atomic E-state index is 0.572. The molecule has 2 rings (SSSR count). The molecule has 1 aromatic heterocycles. The fraction of sp³-hybridized carbons (Fsp3) is 0.655. The molecule has 0 aliphatic carbocycles. The number of hydrogen-bond acceptors (Lipinski definition) is 3. The molecule has 0 aliphatic rings. The Morgan fingerprint density at radius 3 is 2.25 bits per heavy atom. The predicted molar refractivity (Wildman–Crippen MR) is 139 cm³/mol. The number of benzene rings is 1. The average Bonchev–Trinajstić information content (AvgIpc) is 2.80. The number of hydrogen-bond donors (Lipinski definition) is 0. The molecular weight excluding hydrogens is 392 g/mol. The van der Waals surface area contributed by atoms with Crippen molar-refractivity contribution in [2.75, 3.05) is 6.61 Å². The fourth-order valence-corrected chi connectivity index (χ4v) is 4.23. The van der Waals surface area contributed by atoms with Crippen molar-refractivity contribution in [3.63, 3.8) is 0 Å². The van der Waals surface area contributed by atoms with Crippen LogP contribution in [0, 0.1) is 25.7 Å². The molecule has 1 heterocycles. The van der Waals surface area contributed by atoms with E-state index in [0.717, 1.165) is 44.4 Å². The van der Waals surface area contributed by atoms with Crippen LogP contribution in [-0.2, 0) is 19.3 Å². The third-order valence-electron chi connectivity index (χ3n) is 6.43. The van der Waals surface area contributed by atoms with Gasteiger partial charge in [-0.05, 0) is 74.5 Å². The minimum Gasteiger partial charge on any atom is -0.463 e. The van der Waals surface area contributed by atoms with Gasteiger partial charge in [0.1, 0.15) is 0 Å². The van der Waals surface area contributed by atoms with Gasteiger partial charge in [-0.1, -0.05) is 85.1 Å². The molecule has 0 aliphatic heterocycles. The lowest BCUT2D eigenvalue weighted by molar-refractivity contribution is 0.176. The SMILES string of the molecule is CC.CCCc1c(C)nc(OCC(CCC)C(C)CC)nc1CCCc1ccccc1C. The molecule has 0 radical (unpaired) electrons. The first-order valence-electron chi connectivity index (χ1n) is 13.0. The van der Waals surface area contributed by atoms with Gasteiger partial charge in [0.25, 0.3) is 0 Å². The first-order chi connectivity index (χ1) is 15.5. The molecule has 3 heteroatoms. The molecule has 2 aromatic rings. The van der Waals surface area contributed by atoms with Crippen LogP contribution in [0.1, 0.15) is 102 Å². The average molecular weight is 441 g/mol. The highest BCUT2D eigenvalue weighted by molar-refractivity contribution is 5.28. The van der Waals surface area contributed by atoms with Crippen molar-refractivity contribution in [1.82, 2.24) is 9.97 Å². The van der Waals surface area contributed by atoms with Gasteiger partial charge in [0.05, 0.1) is 12.3 Å². The van der Waals surface area contributed by atoms with E-state index in [9.17, 15) is 0 Å². The summed E-state index contributed by atoms with van der Waals surface area (Å²) in [7, 11) is 0. The summed E-state index contributed by atoms with van der Waals surface area (Å²) < 4.78 is 6.16. The molecule has 0 bridgehead atoms. The van der Waals surface area contributed by atoms with E-state index < -0.39 is 0 Å². The molecule has 0 fully saturated rings. The number of rotatable bonds is 13. The van der Waals surface area contributed by atoms with Crippen LogP contribution in [0.4, 0.5) is 0 Å². The summed E-state index contributed by atoms with van der Waals surface area (Å²) in [5, 5.41) is 0. The Labute approximate surface area is 198 Å². The van der Waals surface area contributed by atoms with E-state index >= 15 is 0 Å². The molecule has 0 N–H and O–H groups in total. The summed E-state index contributed by atoms with van der Waals surface area (Å²) in [6.07, 6.45) is 8.90. The standard InChI is InChI=1S/C27H42N2O.C2H6/c1-7-13-24(20(4)9-3)19-30-27-28-22(6)25(14-8-2)26(29-27)18-12-17-23-16-11-10-15-21(23)5;1-2/h10-11,15-16,20,24H,7-9,12-14,17-19H2,1-6H3;1-2H3. The van der Waals surface area contributed by atoms with Crippen molar-refractivity contribution >= 4 is 0 Å². The fourth-order valence-electron chi connectivity index (χ4n) is 4.23. The van der Waals surface area contributed by atoms with Gasteiger partial charge in [-0.15, -0.1) is 0 Å². The van der Waals surface area contributed by atoms with Crippen LogP contribution >= 0.6 is 0 Å². The summed E-state index contributed by atoms with van der Waals surface area (Å²) >= 11 is 0. The Bertz CT molecular complexity index is 772. The molecule has 2 unspecified atom stereocenters. The monoisotopic (exact) mass is 440 g/mol. The molecule has 1 aromatic carbocycles. The Morgan fingerprint density at radius 2 is 1.62 bits per heavy atom. The molecule has 32 heavy (non-hydrogen) atoms. The topological polar surface area (TPSA) is 35.0 Å². The van der Waals surface area contributed by atoms with Crippen LogP contribution < -0.4 is 4.74 Å². The Kier molecular flexibility index (Phi) is 13.9. The first kappa shape index (κ1) is 28.1. The second kappa shape index (κ2) is 15.8. The molecule has 0 saturated carbocycles.